The molecule has 0 aromatic carbocycles. The Labute approximate surface area is 210 Å². The number of rotatable bonds is 10. The molecule has 2 fully saturated rings. The van der Waals surface area contributed by atoms with Gasteiger partial charge in [0.1, 0.15) is 13.2 Å². The van der Waals surface area contributed by atoms with Crippen molar-refractivity contribution >= 4 is 7.82 Å². The van der Waals surface area contributed by atoms with Gasteiger partial charge >= 0.3 is 0 Å². The Hall–Kier alpha value is -0.190. The molecule has 0 bridgehead atoms. The molecule has 200 valence electrons. The highest BCUT2D eigenvalue weighted by molar-refractivity contribution is 7.45. The molecule has 34 heavy (non-hydrogen) atoms. The quantitative estimate of drug-likeness (QED) is 0.134. The molecule has 0 aromatic rings. The van der Waals surface area contributed by atoms with E-state index < -0.39 is 7.82 Å². The van der Waals surface area contributed by atoms with Crippen molar-refractivity contribution in [2.45, 2.75) is 128 Å². The van der Waals surface area contributed by atoms with E-state index in [9.17, 15) is 9.46 Å². The van der Waals surface area contributed by atoms with Gasteiger partial charge in [0.2, 0.25) is 0 Å². The number of phosphoric acid groups is 1. The van der Waals surface area contributed by atoms with Crippen LogP contribution in [0.1, 0.15) is 128 Å². The summed E-state index contributed by atoms with van der Waals surface area (Å²) in [7, 11) is -1.98. The fourth-order valence-electron chi connectivity index (χ4n) is 5.44. The number of unbranched alkanes of at least 4 members (excludes halogenated alkanes) is 2. The van der Waals surface area contributed by atoms with Gasteiger partial charge in [-0.25, -0.2) is 0 Å². The van der Waals surface area contributed by atoms with Gasteiger partial charge < -0.3 is 18.4 Å². The van der Waals surface area contributed by atoms with Gasteiger partial charge in [-0.3, -0.25) is 4.57 Å². The summed E-state index contributed by atoms with van der Waals surface area (Å²) in [6.07, 6.45) is 28.1. The van der Waals surface area contributed by atoms with E-state index in [2.05, 4.69) is 13.1 Å². The fourth-order valence-corrected chi connectivity index (χ4v) is 6.17. The molecule has 1 aliphatic carbocycles. The number of likely N-dealkylation sites (N-methyl/N-ethyl adjacent to an activating group) is 1. The summed E-state index contributed by atoms with van der Waals surface area (Å²) < 4.78 is 23.2. The molecule has 0 spiro atoms. The van der Waals surface area contributed by atoms with Crippen LogP contribution in [0.2, 0.25) is 0 Å². The first-order chi connectivity index (χ1) is 16.5. The smallest absolute Gasteiger partial charge is 0.268 e. The molecule has 1 saturated carbocycles. The molecule has 1 saturated heterocycles. The lowest BCUT2D eigenvalue weighted by Crippen LogP contribution is -2.49. The predicted octanol–water partition coefficient (Wildman–Crippen LogP) is 7.69. The Balaban J connectivity index is 1.59. The van der Waals surface area contributed by atoms with Crippen LogP contribution in [0.3, 0.4) is 0 Å². The average molecular weight is 500 g/mol. The molecular formula is C28H54NO4P. The third kappa shape index (κ3) is 15.0. The van der Waals surface area contributed by atoms with Crippen molar-refractivity contribution in [3.63, 3.8) is 0 Å². The number of allylic oxidation sites excluding steroid dienone is 2. The lowest BCUT2D eigenvalue weighted by atomic mass is 9.98. The second-order valence-corrected chi connectivity index (χ2v) is 12.5. The van der Waals surface area contributed by atoms with Gasteiger partial charge in [0.25, 0.3) is 7.82 Å². The van der Waals surface area contributed by atoms with E-state index >= 15 is 0 Å². The highest BCUT2D eigenvalue weighted by atomic mass is 31.2. The summed E-state index contributed by atoms with van der Waals surface area (Å²) in [5.74, 6) is 0. The fraction of sp³-hybridized carbons (Fsp3) is 0.929. The van der Waals surface area contributed by atoms with Crippen LogP contribution in [0.5, 0.6) is 0 Å². The van der Waals surface area contributed by atoms with Crippen LogP contribution in [0.25, 0.3) is 0 Å². The standard InChI is InChI=1S/C28H54NO4P/c1-29(23-17-13-18-24-29)25-27-33-34(30,31)32-26-19-12-16-22-28-20-14-10-8-6-4-2-3-5-7-9-11-15-21-28/h22H,2-21,23-27H2,1H3. The number of likely N-dealkylation sites (tertiary alicyclic amines) is 1. The second-order valence-electron chi connectivity index (χ2n) is 11.1. The van der Waals surface area contributed by atoms with Crippen LogP contribution < -0.4 is 4.89 Å². The van der Waals surface area contributed by atoms with Gasteiger partial charge in [-0.2, -0.15) is 0 Å². The summed E-state index contributed by atoms with van der Waals surface area (Å²) in [6.45, 7) is 3.42. The first-order valence-corrected chi connectivity index (χ1v) is 16.1. The van der Waals surface area contributed by atoms with Crippen molar-refractivity contribution < 1.29 is 23.0 Å². The topological polar surface area (TPSA) is 58.6 Å². The normalized spacial score (nSPS) is 23.4. The molecule has 0 N–H and O–H groups in total. The summed E-state index contributed by atoms with van der Waals surface area (Å²) >= 11 is 0. The minimum atomic E-state index is -4.18. The molecular weight excluding hydrogens is 445 g/mol. The number of phosphoric ester groups is 1. The summed E-state index contributed by atoms with van der Waals surface area (Å²) in [5.41, 5.74) is 1.63. The van der Waals surface area contributed by atoms with E-state index in [0.29, 0.717) is 0 Å². The highest BCUT2D eigenvalue weighted by Crippen LogP contribution is 2.38. The Kier molecular flexibility index (Phi) is 16.0. The van der Waals surface area contributed by atoms with Crippen LogP contribution in [-0.4, -0.2) is 44.4 Å². The van der Waals surface area contributed by atoms with E-state index in [1.54, 1.807) is 5.57 Å². The van der Waals surface area contributed by atoms with E-state index in [1.807, 2.05) is 0 Å². The Morgan fingerprint density at radius 3 is 1.76 bits per heavy atom. The van der Waals surface area contributed by atoms with E-state index in [-0.39, 0.29) is 13.2 Å². The van der Waals surface area contributed by atoms with Crippen molar-refractivity contribution in [2.24, 2.45) is 0 Å². The summed E-state index contributed by atoms with van der Waals surface area (Å²) in [4.78, 5) is 12.1. The molecule has 1 heterocycles. The lowest BCUT2D eigenvalue weighted by molar-refractivity contribution is -0.914. The van der Waals surface area contributed by atoms with Gasteiger partial charge in [0.05, 0.1) is 26.7 Å². The second kappa shape index (κ2) is 18.1. The third-order valence-corrected chi connectivity index (χ3v) is 8.80. The van der Waals surface area contributed by atoms with E-state index in [0.717, 1.165) is 43.4 Å². The molecule has 1 atom stereocenters. The summed E-state index contributed by atoms with van der Waals surface area (Å²) in [5, 5.41) is 0. The Morgan fingerprint density at radius 2 is 1.21 bits per heavy atom. The maximum Gasteiger partial charge on any atom is 0.268 e. The van der Waals surface area contributed by atoms with Crippen molar-refractivity contribution in [3.05, 3.63) is 11.6 Å². The summed E-state index contributed by atoms with van der Waals surface area (Å²) in [6, 6.07) is 0. The third-order valence-electron chi connectivity index (χ3n) is 7.80. The van der Waals surface area contributed by atoms with Crippen LogP contribution in [0, 0.1) is 0 Å². The maximum atomic E-state index is 12.1. The van der Waals surface area contributed by atoms with Crippen molar-refractivity contribution in [1.82, 2.24) is 0 Å². The van der Waals surface area contributed by atoms with Gasteiger partial charge in [-0.05, 0) is 64.2 Å². The number of quaternary nitrogens is 1. The number of piperidine rings is 1. The zero-order valence-corrected chi connectivity index (χ0v) is 23.2. The molecule has 2 aliphatic rings. The first-order valence-electron chi connectivity index (χ1n) is 14.6. The molecule has 2 rings (SSSR count). The monoisotopic (exact) mass is 499 g/mol. The van der Waals surface area contributed by atoms with E-state index in [1.165, 1.54) is 109 Å². The van der Waals surface area contributed by atoms with Crippen LogP contribution in [0.15, 0.2) is 11.6 Å². The van der Waals surface area contributed by atoms with Gasteiger partial charge in [-0.15, -0.1) is 0 Å². The first kappa shape index (κ1) is 30.0. The van der Waals surface area contributed by atoms with Crippen LogP contribution >= 0.6 is 7.82 Å². The molecule has 0 aromatic heterocycles. The van der Waals surface area contributed by atoms with E-state index in [4.69, 9.17) is 9.05 Å². The molecule has 0 radical (unpaired) electrons. The molecule has 5 nitrogen and oxygen atoms in total. The largest absolute Gasteiger partial charge is 0.756 e. The predicted molar refractivity (Wildman–Crippen MR) is 141 cm³/mol. The Bertz CT molecular complexity index is 571. The van der Waals surface area contributed by atoms with Gasteiger partial charge in [0, 0.05) is 0 Å². The number of nitrogens with zero attached hydrogens (tertiary/aromatic N) is 1. The van der Waals surface area contributed by atoms with Crippen LogP contribution in [0.4, 0.5) is 0 Å². The zero-order valence-electron chi connectivity index (χ0n) is 22.3. The number of hydrogen-bond donors (Lipinski definition) is 0. The van der Waals surface area contributed by atoms with Crippen molar-refractivity contribution in [2.75, 3.05) is 39.9 Å². The maximum absolute atomic E-state index is 12.1. The number of hydrogen-bond acceptors (Lipinski definition) is 4. The minimum absolute atomic E-state index is 0.226. The Morgan fingerprint density at radius 1 is 0.735 bits per heavy atom. The molecule has 6 heteroatoms. The van der Waals surface area contributed by atoms with Gasteiger partial charge in [-0.1, -0.05) is 75.9 Å². The molecule has 1 unspecified atom stereocenters. The lowest BCUT2D eigenvalue weighted by Gasteiger charge is -2.38. The van der Waals surface area contributed by atoms with Crippen molar-refractivity contribution in [1.29, 1.82) is 0 Å². The molecule has 1 aliphatic heterocycles. The van der Waals surface area contributed by atoms with Crippen molar-refractivity contribution in [3.8, 4) is 0 Å². The average Bonchev–Trinajstić information content (AvgIpc) is 2.81. The zero-order chi connectivity index (χ0) is 24.4. The minimum Gasteiger partial charge on any atom is -0.756 e. The van der Waals surface area contributed by atoms with Gasteiger partial charge in [0.15, 0.2) is 0 Å². The highest BCUT2D eigenvalue weighted by Gasteiger charge is 2.25. The SMILES string of the molecule is C[N+]1(CCOP(=O)([O-])OCCCCC=C2CCCCCCCCCCCCCC2)CCCCC1. The molecule has 0 amide bonds. The van der Waals surface area contributed by atoms with Crippen LogP contribution in [-0.2, 0) is 13.6 Å².